The molecule has 5 rings (SSSR count). The summed E-state index contributed by atoms with van der Waals surface area (Å²) in [5, 5.41) is 14.0. The van der Waals surface area contributed by atoms with Gasteiger partial charge in [-0.15, -0.1) is 5.10 Å². The first kappa shape index (κ1) is 30.0. The molecule has 2 aliphatic rings. The number of aliphatic hydroxyl groups excluding tert-OH is 1. The molecule has 224 valence electrons. The van der Waals surface area contributed by atoms with Crippen LogP contribution >= 0.6 is 11.8 Å². The molecule has 0 aliphatic carbocycles. The predicted molar refractivity (Wildman–Crippen MR) is 146 cm³/mol. The van der Waals surface area contributed by atoms with Crippen LogP contribution < -0.4 is 5.73 Å². The van der Waals surface area contributed by atoms with Gasteiger partial charge in [0.2, 0.25) is 0 Å². The molecule has 2 saturated heterocycles. The van der Waals surface area contributed by atoms with Crippen molar-refractivity contribution in [3.05, 3.63) is 76.9 Å². The van der Waals surface area contributed by atoms with Crippen LogP contribution in [0.4, 0.5) is 22.4 Å². The molecule has 3 N–H and O–H groups in total. The summed E-state index contributed by atoms with van der Waals surface area (Å²) < 4.78 is 58.5. The van der Waals surface area contributed by atoms with Crippen LogP contribution in [-0.4, -0.2) is 80.1 Å². The number of carbonyl (C=O) groups is 2. The Morgan fingerprint density at radius 3 is 2.31 bits per heavy atom. The molecule has 2 fully saturated rings. The summed E-state index contributed by atoms with van der Waals surface area (Å²) in [6.07, 6.45) is -5.10. The summed E-state index contributed by atoms with van der Waals surface area (Å²) in [7, 11) is 0. The first-order valence-corrected chi connectivity index (χ1v) is 14.5. The molecule has 2 aromatic carbocycles. The van der Waals surface area contributed by atoms with Crippen LogP contribution in [0.2, 0.25) is 0 Å². The third kappa shape index (κ3) is 6.45. The van der Waals surface area contributed by atoms with E-state index in [2.05, 4.69) is 10.1 Å². The number of benzene rings is 2. The quantitative estimate of drug-likeness (QED) is 0.322. The molecule has 0 radical (unpaired) electrons. The third-order valence-electron chi connectivity index (χ3n) is 7.59. The number of carbonyl (C=O) groups excluding carboxylic acids is 2. The molecule has 0 bridgehead atoms. The average Bonchev–Trinajstić information content (AvgIpc) is 3.61. The standard InChI is InChI=1S/C28H30F4N6O3S/c29-23-4-2-1-3-21(23)25(40)38-26(42-16-18-7-5-17(13-33)6-8-18)34-24(35-38)20-10-12-37(15-22(20)28(30,31)32)27(41)36-11-9-19(39)14-36/h1-8,19-20,22,39H,9-16,33H2. The number of piperidine rings is 1. The largest absolute Gasteiger partial charge is 0.394 e. The van der Waals surface area contributed by atoms with Crippen molar-refractivity contribution in [1.29, 1.82) is 0 Å². The van der Waals surface area contributed by atoms with Gasteiger partial charge in [0, 0.05) is 44.4 Å². The molecule has 3 atom stereocenters. The first-order chi connectivity index (χ1) is 20.0. The van der Waals surface area contributed by atoms with E-state index in [0.717, 1.165) is 38.5 Å². The summed E-state index contributed by atoms with van der Waals surface area (Å²) in [5.41, 5.74) is 7.15. The Morgan fingerprint density at radius 2 is 1.67 bits per heavy atom. The lowest BCUT2D eigenvalue weighted by Gasteiger charge is -2.39. The number of β-amino-alcohol motifs (C(OH)–C–C–N with tert-alkyl or cyclic N) is 1. The lowest BCUT2D eigenvalue weighted by atomic mass is 9.84. The molecule has 3 aromatic rings. The van der Waals surface area contributed by atoms with Gasteiger partial charge in [-0.1, -0.05) is 48.2 Å². The fourth-order valence-corrected chi connectivity index (χ4v) is 6.14. The van der Waals surface area contributed by atoms with Gasteiger partial charge in [-0.25, -0.2) is 14.2 Å². The highest BCUT2D eigenvalue weighted by Crippen LogP contribution is 2.42. The van der Waals surface area contributed by atoms with E-state index in [4.69, 9.17) is 5.73 Å². The summed E-state index contributed by atoms with van der Waals surface area (Å²) in [4.78, 5) is 33.2. The van der Waals surface area contributed by atoms with Gasteiger partial charge in [0.25, 0.3) is 5.91 Å². The Hall–Kier alpha value is -3.49. The van der Waals surface area contributed by atoms with Crippen LogP contribution in [0.1, 0.15) is 46.1 Å². The van der Waals surface area contributed by atoms with E-state index >= 15 is 0 Å². The second-order valence-corrected chi connectivity index (χ2v) is 11.4. The van der Waals surface area contributed by atoms with Crippen molar-refractivity contribution in [2.75, 3.05) is 26.2 Å². The number of nitrogens with zero attached hydrogens (tertiary/aromatic N) is 5. The van der Waals surface area contributed by atoms with Gasteiger partial charge in [-0.2, -0.15) is 17.9 Å². The maximum absolute atomic E-state index is 14.5. The normalized spacial score (nSPS) is 21.1. The second-order valence-electron chi connectivity index (χ2n) is 10.4. The van der Waals surface area contributed by atoms with Crippen molar-refractivity contribution in [3.8, 4) is 0 Å². The summed E-state index contributed by atoms with van der Waals surface area (Å²) in [6.45, 7) is 0.137. The minimum atomic E-state index is -4.69. The second kappa shape index (κ2) is 12.4. The predicted octanol–water partition coefficient (Wildman–Crippen LogP) is 4.01. The van der Waals surface area contributed by atoms with E-state index in [0.29, 0.717) is 18.7 Å². The maximum atomic E-state index is 14.5. The highest BCUT2D eigenvalue weighted by molar-refractivity contribution is 7.98. The molecule has 9 nitrogen and oxygen atoms in total. The average molecular weight is 607 g/mol. The van der Waals surface area contributed by atoms with Crippen LogP contribution in [0, 0.1) is 11.7 Å². The van der Waals surface area contributed by atoms with E-state index in [9.17, 15) is 32.3 Å². The molecular formula is C28H30F4N6O3S. The van der Waals surface area contributed by atoms with E-state index in [1.165, 1.54) is 23.1 Å². The number of urea groups is 1. The molecule has 3 unspecified atom stereocenters. The molecule has 42 heavy (non-hydrogen) atoms. The zero-order chi connectivity index (χ0) is 30.0. The van der Waals surface area contributed by atoms with Gasteiger partial charge in [0.1, 0.15) is 5.82 Å². The van der Waals surface area contributed by atoms with Gasteiger partial charge < -0.3 is 20.6 Å². The molecule has 2 aliphatic heterocycles. The summed E-state index contributed by atoms with van der Waals surface area (Å²) in [5.74, 6) is -4.71. The number of aromatic nitrogens is 3. The lowest BCUT2D eigenvalue weighted by Crippen LogP contribution is -2.52. The third-order valence-corrected chi connectivity index (χ3v) is 8.59. The van der Waals surface area contributed by atoms with Crippen molar-refractivity contribution in [3.63, 3.8) is 0 Å². The number of amides is 2. The molecule has 1 aromatic heterocycles. The van der Waals surface area contributed by atoms with Crippen LogP contribution in [0.15, 0.2) is 53.7 Å². The van der Waals surface area contributed by atoms with Crippen molar-refractivity contribution in [2.45, 2.75) is 48.5 Å². The van der Waals surface area contributed by atoms with E-state index in [1.807, 2.05) is 24.3 Å². The van der Waals surface area contributed by atoms with Crippen LogP contribution in [0.5, 0.6) is 0 Å². The Morgan fingerprint density at radius 1 is 1.00 bits per heavy atom. The van der Waals surface area contributed by atoms with Crippen molar-refractivity contribution < 1.29 is 32.3 Å². The fourth-order valence-electron chi connectivity index (χ4n) is 5.25. The SMILES string of the molecule is NCc1ccc(CSc2nc(C3CCN(C(=O)N4CCC(O)C4)CC3C(F)(F)F)nn2C(=O)c2ccccc2F)cc1. The molecule has 0 spiro atoms. The topological polar surface area (TPSA) is 118 Å². The molecule has 3 heterocycles. The highest BCUT2D eigenvalue weighted by Gasteiger charge is 2.51. The minimum Gasteiger partial charge on any atom is -0.391 e. The zero-order valence-electron chi connectivity index (χ0n) is 22.5. The number of hydrogen-bond donors (Lipinski definition) is 2. The summed E-state index contributed by atoms with van der Waals surface area (Å²) in [6, 6.07) is 12.1. The Labute approximate surface area is 243 Å². The monoisotopic (exact) mass is 606 g/mol. The zero-order valence-corrected chi connectivity index (χ0v) is 23.3. The smallest absolute Gasteiger partial charge is 0.391 e. The number of rotatable bonds is 6. The van der Waals surface area contributed by atoms with Crippen LogP contribution in [0.3, 0.4) is 0 Å². The van der Waals surface area contributed by atoms with Gasteiger partial charge in [0.05, 0.1) is 17.6 Å². The van der Waals surface area contributed by atoms with E-state index < -0.39 is 48.4 Å². The lowest BCUT2D eigenvalue weighted by molar-refractivity contribution is -0.190. The Balaban J connectivity index is 1.44. The van der Waals surface area contributed by atoms with Gasteiger partial charge in [0.15, 0.2) is 11.0 Å². The van der Waals surface area contributed by atoms with Crippen LogP contribution in [0.25, 0.3) is 0 Å². The number of hydrogen-bond acceptors (Lipinski definition) is 7. The van der Waals surface area contributed by atoms with Crippen molar-refractivity contribution in [2.24, 2.45) is 11.7 Å². The minimum absolute atomic E-state index is 0.0223. The van der Waals surface area contributed by atoms with Gasteiger partial charge in [-0.05, 0) is 36.1 Å². The van der Waals surface area contributed by atoms with Gasteiger partial charge in [-0.3, -0.25) is 4.79 Å². The highest BCUT2D eigenvalue weighted by atomic mass is 32.2. The summed E-state index contributed by atoms with van der Waals surface area (Å²) >= 11 is 1.10. The number of likely N-dealkylation sites (tertiary alicyclic amines) is 2. The molecular weight excluding hydrogens is 576 g/mol. The van der Waals surface area contributed by atoms with E-state index in [-0.39, 0.29) is 42.6 Å². The number of halogens is 4. The maximum Gasteiger partial charge on any atom is 0.394 e. The molecule has 14 heteroatoms. The Kier molecular flexibility index (Phi) is 8.85. The fraction of sp³-hybridized carbons (Fsp3) is 0.429. The first-order valence-electron chi connectivity index (χ1n) is 13.5. The Bertz CT molecular complexity index is 1430. The molecule has 0 saturated carbocycles. The number of alkyl halides is 3. The molecule has 2 amide bonds. The van der Waals surface area contributed by atoms with E-state index in [1.54, 1.807) is 0 Å². The van der Waals surface area contributed by atoms with Crippen molar-refractivity contribution >= 4 is 23.7 Å². The van der Waals surface area contributed by atoms with Crippen LogP contribution in [-0.2, 0) is 12.3 Å². The number of aliphatic hydroxyl groups is 1. The van der Waals surface area contributed by atoms with Crippen molar-refractivity contribution in [1.82, 2.24) is 24.6 Å². The number of nitrogens with two attached hydrogens (primary N) is 1. The number of thioether (sulfide) groups is 1. The van der Waals surface area contributed by atoms with Gasteiger partial charge >= 0.3 is 12.2 Å².